The summed E-state index contributed by atoms with van der Waals surface area (Å²) < 4.78 is 0. The summed E-state index contributed by atoms with van der Waals surface area (Å²) in [5.74, 6) is 0.963. The fourth-order valence-corrected chi connectivity index (χ4v) is 1.13. The zero-order valence-electron chi connectivity index (χ0n) is 10.4. The first-order valence-electron chi connectivity index (χ1n) is 5.62. The molecule has 0 atom stereocenters. The lowest BCUT2D eigenvalue weighted by atomic mass is 10.0. The van der Waals surface area contributed by atoms with Gasteiger partial charge in [-0.2, -0.15) is 0 Å². The predicted octanol–water partition coefficient (Wildman–Crippen LogP) is 4.45. The molecule has 13 heavy (non-hydrogen) atoms. The summed E-state index contributed by atoms with van der Waals surface area (Å²) in [5.41, 5.74) is 0. The minimum absolute atomic E-state index is 0.750. The van der Waals surface area contributed by atoms with E-state index in [9.17, 15) is 0 Å². The maximum atomic E-state index is 8.81. The second-order valence-corrected chi connectivity index (χ2v) is 2.92. The summed E-state index contributed by atoms with van der Waals surface area (Å²) in [7, 11) is 0. The van der Waals surface area contributed by atoms with Gasteiger partial charge in [-0.1, -0.05) is 60.3 Å². The molecule has 0 aliphatic heterocycles. The van der Waals surface area contributed by atoms with E-state index in [1.54, 1.807) is 0 Å². The molecule has 0 aliphatic rings. The van der Waals surface area contributed by atoms with Crippen molar-refractivity contribution in [3.05, 3.63) is 0 Å². The van der Waals surface area contributed by atoms with E-state index in [-0.39, 0.29) is 0 Å². The molecule has 0 aliphatic carbocycles. The predicted molar refractivity (Wildman–Crippen MR) is 62.1 cm³/mol. The molecule has 0 aromatic rings. The van der Waals surface area contributed by atoms with Gasteiger partial charge in [0.25, 0.3) is 0 Å². The van der Waals surface area contributed by atoms with Crippen molar-refractivity contribution in [2.24, 2.45) is 5.92 Å². The molecule has 82 valence electrons. The van der Waals surface area contributed by atoms with Crippen molar-refractivity contribution < 1.29 is 4.79 Å². The van der Waals surface area contributed by atoms with Gasteiger partial charge in [-0.3, -0.25) is 0 Å². The monoisotopic (exact) mass is 188 g/mol. The van der Waals surface area contributed by atoms with E-state index in [4.69, 9.17) is 4.79 Å². The Morgan fingerprint density at radius 2 is 1.31 bits per heavy atom. The number of hydrogen-bond acceptors (Lipinski definition) is 1. The molecule has 0 saturated heterocycles. The Morgan fingerprint density at radius 1 is 1.08 bits per heavy atom. The van der Waals surface area contributed by atoms with E-state index in [2.05, 4.69) is 20.8 Å². The normalized spacial score (nSPS) is 7.92. The van der Waals surface area contributed by atoms with Gasteiger partial charge in [0.05, 0.1) is 0 Å². The van der Waals surface area contributed by atoms with Crippen LogP contribution in [0, 0.1) is 5.92 Å². The van der Waals surface area contributed by atoms with E-state index in [1.165, 1.54) is 32.6 Å². The standard InChI is InChI=1S/C8H18.C2H4O.C2H6/c1-4-6-8(3)7-5-2;1-2-3;1-2/h8H,4-7H2,1-3H3;2H,1H3;1-2H3. The van der Waals surface area contributed by atoms with Crippen LogP contribution in [0.3, 0.4) is 0 Å². The summed E-state index contributed by atoms with van der Waals surface area (Å²) in [6, 6.07) is 0. The quantitative estimate of drug-likeness (QED) is 0.595. The second kappa shape index (κ2) is 22.6. The highest BCUT2D eigenvalue weighted by molar-refractivity contribution is 5.44. The smallest absolute Gasteiger partial charge is 0.116 e. The Hall–Kier alpha value is -0.330. The Kier molecular flexibility index (Phi) is 32.1. The van der Waals surface area contributed by atoms with Crippen LogP contribution in [-0.4, -0.2) is 6.29 Å². The molecule has 0 aromatic heterocycles. The van der Waals surface area contributed by atoms with Crippen LogP contribution in [0.1, 0.15) is 67.2 Å². The number of rotatable bonds is 4. The highest BCUT2D eigenvalue weighted by Crippen LogP contribution is 2.10. The molecule has 0 fully saturated rings. The van der Waals surface area contributed by atoms with Gasteiger partial charge in [0.15, 0.2) is 0 Å². The fourth-order valence-electron chi connectivity index (χ4n) is 1.13. The Balaban J connectivity index is -0.000000169. The molecule has 0 saturated carbocycles. The topological polar surface area (TPSA) is 17.1 Å². The van der Waals surface area contributed by atoms with Gasteiger partial charge in [-0.15, -0.1) is 0 Å². The molecule has 0 N–H and O–H groups in total. The lowest BCUT2D eigenvalue weighted by molar-refractivity contribution is -0.106. The van der Waals surface area contributed by atoms with Crippen molar-refractivity contribution in [2.45, 2.75) is 67.2 Å². The zero-order valence-corrected chi connectivity index (χ0v) is 10.4. The maximum absolute atomic E-state index is 8.81. The third kappa shape index (κ3) is 33.9. The third-order valence-corrected chi connectivity index (χ3v) is 1.56. The zero-order chi connectivity index (χ0) is 11.1. The fraction of sp³-hybridized carbons (Fsp3) is 0.917. The van der Waals surface area contributed by atoms with E-state index >= 15 is 0 Å². The molecular weight excluding hydrogens is 160 g/mol. The van der Waals surface area contributed by atoms with Gasteiger partial charge < -0.3 is 4.79 Å². The van der Waals surface area contributed by atoms with Crippen molar-refractivity contribution in [1.29, 1.82) is 0 Å². The van der Waals surface area contributed by atoms with Crippen molar-refractivity contribution in [3.8, 4) is 0 Å². The van der Waals surface area contributed by atoms with E-state index in [1.807, 2.05) is 13.8 Å². The van der Waals surface area contributed by atoms with Gasteiger partial charge in [0.2, 0.25) is 0 Å². The SMILES string of the molecule is CC.CC=O.CCCC(C)CCC. The third-order valence-electron chi connectivity index (χ3n) is 1.56. The molecule has 1 nitrogen and oxygen atoms in total. The molecule has 0 heterocycles. The van der Waals surface area contributed by atoms with Crippen molar-refractivity contribution in [2.75, 3.05) is 0 Å². The largest absolute Gasteiger partial charge is 0.304 e. The first kappa shape index (κ1) is 18.5. The van der Waals surface area contributed by atoms with Crippen molar-refractivity contribution in [1.82, 2.24) is 0 Å². The summed E-state index contributed by atoms with van der Waals surface area (Å²) in [5, 5.41) is 0. The van der Waals surface area contributed by atoms with E-state index < -0.39 is 0 Å². The van der Waals surface area contributed by atoms with Crippen LogP contribution >= 0.6 is 0 Å². The van der Waals surface area contributed by atoms with Gasteiger partial charge in [-0.05, 0) is 12.8 Å². The number of carbonyl (C=O) groups excluding carboxylic acids is 1. The second-order valence-electron chi connectivity index (χ2n) is 2.92. The highest BCUT2D eigenvalue weighted by atomic mass is 16.1. The number of aldehydes is 1. The number of carbonyl (C=O) groups is 1. The van der Waals surface area contributed by atoms with Gasteiger partial charge in [0, 0.05) is 0 Å². The van der Waals surface area contributed by atoms with Crippen molar-refractivity contribution in [3.63, 3.8) is 0 Å². The van der Waals surface area contributed by atoms with E-state index in [0.717, 1.165) is 12.2 Å². The summed E-state index contributed by atoms with van der Waals surface area (Å²) in [6.07, 6.45) is 6.27. The molecule has 0 bridgehead atoms. The van der Waals surface area contributed by atoms with Crippen LogP contribution in [0.5, 0.6) is 0 Å². The van der Waals surface area contributed by atoms with Crippen LogP contribution < -0.4 is 0 Å². The minimum atomic E-state index is 0.750. The van der Waals surface area contributed by atoms with Crippen LogP contribution in [0.15, 0.2) is 0 Å². The van der Waals surface area contributed by atoms with Crippen molar-refractivity contribution >= 4 is 6.29 Å². The molecule has 0 radical (unpaired) electrons. The average Bonchev–Trinajstić information content (AvgIpc) is 2.10. The van der Waals surface area contributed by atoms with Gasteiger partial charge >= 0.3 is 0 Å². The summed E-state index contributed by atoms with van der Waals surface area (Å²) in [6.45, 7) is 12.3. The average molecular weight is 188 g/mol. The van der Waals surface area contributed by atoms with Crippen LogP contribution in [0.2, 0.25) is 0 Å². The molecule has 0 aromatic carbocycles. The molecule has 0 amide bonds. The molecular formula is C12H28O. The maximum Gasteiger partial charge on any atom is 0.116 e. The molecule has 0 spiro atoms. The van der Waals surface area contributed by atoms with Gasteiger partial charge in [-0.25, -0.2) is 0 Å². The first-order valence-corrected chi connectivity index (χ1v) is 5.62. The Morgan fingerprint density at radius 3 is 1.46 bits per heavy atom. The molecule has 0 rings (SSSR count). The first-order chi connectivity index (χ1) is 6.22. The van der Waals surface area contributed by atoms with Crippen LogP contribution in [-0.2, 0) is 4.79 Å². The lowest BCUT2D eigenvalue weighted by Gasteiger charge is -2.05. The summed E-state index contributed by atoms with van der Waals surface area (Å²) >= 11 is 0. The Bertz CT molecular complexity index is 63.5. The molecule has 0 unspecified atom stereocenters. The summed E-state index contributed by atoms with van der Waals surface area (Å²) in [4.78, 5) is 8.81. The van der Waals surface area contributed by atoms with Crippen LogP contribution in [0.25, 0.3) is 0 Å². The van der Waals surface area contributed by atoms with E-state index in [0.29, 0.717) is 0 Å². The Labute approximate surface area is 84.9 Å². The van der Waals surface area contributed by atoms with Crippen LogP contribution in [0.4, 0.5) is 0 Å². The molecule has 1 heteroatoms. The highest BCUT2D eigenvalue weighted by Gasteiger charge is 1.95. The van der Waals surface area contributed by atoms with Gasteiger partial charge in [0.1, 0.15) is 6.29 Å². The lowest BCUT2D eigenvalue weighted by Crippen LogP contribution is -1.91. The minimum Gasteiger partial charge on any atom is -0.304 e. The number of hydrogen-bond donors (Lipinski definition) is 0.